The van der Waals surface area contributed by atoms with Crippen LogP contribution in [0.2, 0.25) is 0 Å². The van der Waals surface area contributed by atoms with Crippen LogP contribution in [0.25, 0.3) is 11.4 Å². The summed E-state index contributed by atoms with van der Waals surface area (Å²) in [5.74, 6) is 1.41. The van der Waals surface area contributed by atoms with Crippen molar-refractivity contribution in [3.05, 3.63) is 64.8 Å². The monoisotopic (exact) mass is 407 g/mol. The second kappa shape index (κ2) is 8.62. The lowest BCUT2D eigenvalue weighted by molar-refractivity contribution is 0.0364. The highest BCUT2D eigenvalue weighted by Crippen LogP contribution is 2.32. The lowest BCUT2D eigenvalue weighted by Gasteiger charge is -2.35. The van der Waals surface area contributed by atoms with Crippen LogP contribution in [-0.4, -0.2) is 45.3 Å². The molecule has 0 radical (unpaired) electrons. The molecule has 1 atom stereocenters. The number of morpholine rings is 1. The predicted octanol–water partition coefficient (Wildman–Crippen LogP) is 2.60. The molecule has 0 N–H and O–H groups in total. The number of hydrogen-bond donors (Lipinski definition) is 0. The standard InChI is InChI=1S/C22H25N5O3/c1-15(2)30-19-7-5-4-6-16(19)20-13-27(10-11-29-20)22-25-18(12-21(28)26(22)3)17-8-9-23-14-24-17/h4-9,12,14-15,20H,10-11,13H2,1-3H3. The van der Waals surface area contributed by atoms with E-state index in [1.54, 1.807) is 23.9 Å². The van der Waals surface area contributed by atoms with E-state index in [0.717, 1.165) is 11.3 Å². The first kappa shape index (κ1) is 20.0. The van der Waals surface area contributed by atoms with Gasteiger partial charge in [-0.25, -0.2) is 15.0 Å². The zero-order chi connectivity index (χ0) is 21.1. The number of para-hydroxylation sites is 1. The van der Waals surface area contributed by atoms with Gasteiger partial charge in [-0.1, -0.05) is 18.2 Å². The summed E-state index contributed by atoms with van der Waals surface area (Å²) in [4.78, 5) is 27.6. The van der Waals surface area contributed by atoms with E-state index in [9.17, 15) is 4.79 Å². The molecule has 8 nitrogen and oxygen atoms in total. The number of hydrogen-bond acceptors (Lipinski definition) is 7. The number of nitrogens with zero attached hydrogens (tertiary/aromatic N) is 5. The van der Waals surface area contributed by atoms with Gasteiger partial charge in [0, 0.05) is 31.4 Å². The number of ether oxygens (including phenoxy) is 2. The highest BCUT2D eigenvalue weighted by molar-refractivity contribution is 5.55. The third kappa shape index (κ3) is 4.18. The molecule has 0 aliphatic carbocycles. The molecule has 0 saturated carbocycles. The highest BCUT2D eigenvalue weighted by Gasteiger charge is 2.27. The molecule has 0 spiro atoms. The molecule has 3 heterocycles. The van der Waals surface area contributed by atoms with E-state index < -0.39 is 0 Å². The Hall–Kier alpha value is -3.26. The van der Waals surface area contributed by atoms with E-state index in [1.807, 2.05) is 38.1 Å². The molecule has 8 heteroatoms. The number of anilines is 1. The molecule has 1 aliphatic heterocycles. The van der Waals surface area contributed by atoms with E-state index in [2.05, 4.69) is 14.9 Å². The zero-order valence-corrected chi connectivity index (χ0v) is 17.4. The summed E-state index contributed by atoms with van der Waals surface area (Å²) < 4.78 is 13.6. The van der Waals surface area contributed by atoms with Gasteiger partial charge in [0.1, 0.15) is 18.2 Å². The first-order valence-electron chi connectivity index (χ1n) is 9.99. The molecule has 156 valence electrons. The van der Waals surface area contributed by atoms with Gasteiger partial charge in [-0.2, -0.15) is 0 Å². The van der Waals surface area contributed by atoms with Crippen LogP contribution < -0.4 is 15.2 Å². The van der Waals surface area contributed by atoms with Crippen molar-refractivity contribution in [3.8, 4) is 17.1 Å². The second-order valence-electron chi connectivity index (χ2n) is 7.44. The van der Waals surface area contributed by atoms with Gasteiger partial charge in [-0.05, 0) is 26.0 Å². The molecule has 1 saturated heterocycles. The Morgan fingerprint density at radius 2 is 2.03 bits per heavy atom. The molecule has 1 aliphatic rings. The van der Waals surface area contributed by atoms with Gasteiger partial charge in [0.15, 0.2) is 0 Å². The average molecular weight is 407 g/mol. The van der Waals surface area contributed by atoms with Gasteiger partial charge < -0.3 is 14.4 Å². The van der Waals surface area contributed by atoms with Gasteiger partial charge in [0.05, 0.1) is 30.6 Å². The average Bonchev–Trinajstić information content (AvgIpc) is 2.76. The Kier molecular flexibility index (Phi) is 5.76. The molecule has 30 heavy (non-hydrogen) atoms. The lowest BCUT2D eigenvalue weighted by atomic mass is 10.1. The molecule has 2 aromatic heterocycles. The smallest absolute Gasteiger partial charge is 0.255 e. The van der Waals surface area contributed by atoms with E-state index >= 15 is 0 Å². The van der Waals surface area contributed by atoms with Crippen molar-refractivity contribution in [3.63, 3.8) is 0 Å². The van der Waals surface area contributed by atoms with Crippen molar-refractivity contribution in [1.29, 1.82) is 0 Å². The minimum atomic E-state index is -0.187. The largest absolute Gasteiger partial charge is 0.491 e. The third-order valence-corrected chi connectivity index (χ3v) is 4.93. The van der Waals surface area contributed by atoms with Crippen LogP contribution in [0.3, 0.4) is 0 Å². The molecule has 1 fully saturated rings. The molecule has 0 amide bonds. The Bertz CT molecular complexity index is 1070. The summed E-state index contributed by atoms with van der Waals surface area (Å²) in [6, 6.07) is 11.2. The van der Waals surface area contributed by atoms with Crippen LogP contribution in [0.1, 0.15) is 25.5 Å². The van der Waals surface area contributed by atoms with E-state index in [0.29, 0.717) is 37.0 Å². The Balaban J connectivity index is 1.66. The summed E-state index contributed by atoms with van der Waals surface area (Å²) in [5.41, 5.74) is 2.00. The van der Waals surface area contributed by atoms with Crippen LogP contribution in [0.5, 0.6) is 5.75 Å². The van der Waals surface area contributed by atoms with Gasteiger partial charge in [-0.15, -0.1) is 0 Å². The topological polar surface area (TPSA) is 82.4 Å². The molecular weight excluding hydrogens is 382 g/mol. The van der Waals surface area contributed by atoms with E-state index in [4.69, 9.17) is 14.5 Å². The van der Waals surface area contributed by atoms with Gasteiger partial charge in [-0.3, -0.25) is 9.36 Å². The Morgan fingerprint density at radius 3 is 2.80 bits per heavy atom. The minimum Gasteiger partial charge on any atom is -0.491 e. The predicted molar refractivity (Wildman–Crippen MR) is 114 cm³/mol. The normalized spacial score (nSPS) is 16.7. The summed E-state index contributed by atoms with van der Waals surface area (Å²) in [6.07, 6.45) is 2.97. The summed E-state index contributed by atoms with van der Waals surface area (Å²) >= 11 is 0. The SMILES string of the molecule is CC(C)Oc1ccccc1C1CN(c2nc(-c3ccncn3)cc(=O)n2C)CCO1. The van der Waals surface area contributed by atoms with Crippen molar-refractivity contribution >= 4 is 5.95 Å². The summed E-state index contributed by atoms with van der Waals surface area (Å²) in [5, 5.41) is 0. The van der Waals surface area contributed by atoms with Gasteiger partial charge >= 0.3 is 0 Å². The van der Waals surface area contributed by atoms with Crippen molar-refractivity contribution < 1.29 is 9.47 Å². The van der Waals surface area contributed by atoms with Gasteiger partial charge in [0.2, 0.25) is 5.95 Å². The molecule has 1 aromatic carbocycles. The highest BCUT2D eigenvalue weighted by atomic mass is 16.5. The number of rotatable bonds is 5. The quantitative estimate of drug-likeness (QED) is 0.643. The third-order valence-electron chi connectivity index (χ3n) is 4.93. The molecular formula is C22H25N5O3. The fourth-order valence-electron chi connectivity index (χ4n) is 3.51. The number of benzene rings is 1. The minimum absolute atomic E-state index is 0.0675. The maximum atomic E-state index is 12.6. The molecule has 1 unspecified atom stereocenters. The molecule has 0 bridgehead atoms. The Labute approximate surface area is 175 Å². The van der Waals surface area contributed by atoms with E-state index in [1.165, 1.54) is 12.4 Å². The van der Waals surface area contributed by atoms with Crippen LogP contribution in [-0.2, 0) is 11.8 Å². The zero-order valence-electron chi connectivity index (χ0n) is 17.4. The maximum absolute atomic E-state index is 12.6. The lowest BCUT2D eigenvalue weighted by Crippen LogP contribution is -2.41. The molecule has 3 aromatic rings. The van der Waals surface area contributed by atoms with Crippen molar-refractivity contribution in [2.24, 2.45) is 7.05 Å². The molecule has 4 rings (SSSR count). The van der Waals surface area contributed by atoms with Crippen molar-refractivity contribution in [2.45, 2.75) is 26.1 Å². The first-order chi connectivity index (χ1) is 14.5. The first-order valence-corrected chi connectivity index (χ1v) is 9.99. The van der Waals surface area contributed by atoms with Gasteiger partial charge in [0.25, 0.3) is 5.56 Å². The second-order valence-corrected chi connectivity index (χ2v) is 7.44. The van der Waals surface area contributed by atoms with Crippen LogP contribution in [0.15, 0.2) is 53.7 Å². The maximum Gasteiger partial charge on any atom is 0.255 e. The van der Waals surface area contributed by atoms with Crippen LogP contribution in [0.4, 0.5) is 5.95 Å². The van der Waals surface area contributed by atoms with Crippen molar-refractivity contribution in [2.75, 3.05) is 24.6 Å². The van der Waals surface area contributed by atoms with E-state index in [-0.39, 0.29) is 17.8 Å². The fraction of sp³-hybridized carbons (Fsp3) is 0.364. The Morgan fingerprint density at radius 1 is 1.20 bits per heavy atom. The van der Waals surface area contributed by atoms with Crippen LogP contribution >= 0.6 is 0 Å². The number of aromatic nitrogens is 4. The summed E-state index contributed by atoms with van der Waals surface area (Å²) in [7, 11) is 1.73. The van der Waals surface area contributed by atoms with Crippen molar-refractivity contribution in [1.82, 2.24) is 19.5 Å². The van der Waals surface area contributed by atoms with Crippen LogP contribution in [0, 0.1) is 0 Å². The summed E-state index contributed by atoms with van der Waals surface area (Å²) in [6.45, 7) is 5.73. The fourth-order valence-corrected chi connectivity index (χ4v) is 3.51.